The molecule has 1 N–H and O–H groups in total. The molecule has 4 nitrogen and oxygen atoms in total. The van der Waals surface area contributed by atoms with Gasteiger partial charge in [0.15, 0.2) is 0 Å². The predicted molar refractivity (Wildman–Crippen MR) is 76.2 cm³/mol. The summed E-state index contributed by atoms with van der Waals surface area (Å²) in [6, 6.07) is 0. The number of hydrogen-bond acceptors (Lipinski definition) is 4. The summed E-state index contributed by atoms with van der Waals surface area (Å²) in [5.41, 5.74) is 0. The Balaban J connectivity index is 3.14. The number of hydrogen-bond donors (Lipinski definition) is 1. The van der Waals surface area contributed by atoms with Gasteiger partial charge in [0.1, 0.15) is 0 Å². The van der Waals surface area contributed by atoms with E-state index in [1.807, 2.05) is 6.92 Å². The van der Waals surface area contributed by atoms with Crippen molar-refractivity contribution in [1.29, 1.82) is 0 Å². The second kappa shape index (κ2) is 13.5. The summed E-state index contributed by atoms with van der Waals surface area (Å²) in [6.07, 6.45) is 2.91. The summed E-state index contributed by atoms with van der Waals surface area (Å²) in [4.78, 5) is 4.66. The molecule has 0 atom stereocenters. The minimum absolute atomic E-state index is 0.640. The number of aliphatic imine (C=N–C) groups is 1. The molecular weight excluding hydrogens is 236 g/mol. The monoisotopic (exact) mass is 260 g/mol. The summed E-state index contributed by atoms with van der Waals surface area (Å²) in [5.74, 6) is 0. The van der Waals surface area contributed by atoms with Crippen LogP contribution in [0.25, 0.3) is 0 Å². The van der Waals surface area contributed by atoms with Crippen molar-refractivity contribution in [3.05, 3.63) is 0 Å². The maximum absolute atomic E-state index is 5.38. The molecule has 0 spiro atoms. The zero-order valence-electron chi connectivity index (χ0n) is 10.7. The van der Waals surface area contributed by atoms with E-state index < -0.39 is 0 Å². The van der Waals surface area contributed by atoms with E-state index >= 15 is 0 Å². The average Bonchev–Trinajstić information content (AvgIpc) is 2.33. The molecule has 5 heteroatoms. The topological polar surface area (TPSA) is 42.9 Å². The van der Waals surface area contributed by atoms with Gasteiger partial charge in [0.2, 0.25) is 0 Å². The summed E-state index contributed by atoms with van der Waals surface area (Å²) in [7, 11) is 0. The first-order valence-corrected chi connectivity index (χ1v) is 6.56. The fraction of sp³-hybridized carbons (Fsp3) is 0.833. The Labute approximate surface area is 110 Å². The Bertz CT molecular complexity index is 201. The number of unbranched alkanes of at least 4 members (excludes halogenated alkanes) is 1. The molecule has 0 aromatic heterocycles. The molecule has 0 fully saturated rings. The van der Waals surface area contributed by atoms with Crippen molar-refractivity contribution >= 4 is 23.9 Å². The first-order chi connectivity index (χ1) is 8.31. The summed E-state index contributed by atoms with van der Waals surface area (Å²) in [6.45, 7) is 9.85. The third-order valence-electron chi connectivity index (χ3n) is 2.11. The second-order valence-electron chi connectivity index (χ2n) is 3.56. The molecule has 0 aromatic carbocycles. The molecule has 0 saturated carbocycles. The smallest absolute Gasteiger partial charge is 0.0776 e. The van der Waals surface area contributed by atoms with Crippen molar-refractivity contribution < 1.29 is 9.47 Å². The zero-order chi connectivity index (χ0) is 12.8. The van der Waals surface area contributed by atoms with E-state index in [2.05, 4.69) is 17.0 Å². The number of thiocarbonyl (C=S) groups is 1. The average molecular weight is 260 g/mol. The molecule has 17 heavy (non-hydrogen) atoms. The van der Waals surface area contributed by atoms with E-state index in [-0.39, 0.29) is 0 Å². The SMILES string of the molecule is C=NCCCCNC(=S)CCOCCOCC. The van der Waals surface area contributed by atoms with Gasteiger partial charge in [0.05, 0.1) is 24.8 Å². The maximum atomic E-state index is 5.38. The molecule has 0 aliphatic carbocycles. The van der Waals surface area contributed by atoms with E-state index in [9.17, 15) is 0 Å². The van der Waals surface area contributed by atoms with Crippen LogP contribution in [-0.2, 0) is 9.47 Å². The van der Waals surface area contributed by atoms with Crippen molar-refractivity contribution in [2.75, 3.05) is 39.5 Å². The van der Waals surface area contributed by atoms with Crippen molar-refractivity contribution in [3.8, 4) is 0 Å². The summed E-state index contributed by atoms with van der Waals surface area (Å²) < 4.78 is 10.5. The Morgan fingerprint density at radius 2 is 2.00 bits per heavy atom. The lowest BCUT2D eigenvalue weighted by atomic mass is 10.3. The number of ether oxygens (including phenoxy) is 2. The van der Waals surface area contributed by atoms with Gasteiger partial charge in [-0.3, -0.25) is 0 Å². The van der Waals surface area contributed by atoms with Crippen LogP contribution in [0.4, 0.5) is 0 Å². The molecule has 0 aliphatic heterocycles. The quantitative estimate of drug-likeness (QED) is 0.330. The van der Waals surface area contributed by atoms with Crippen LogP contribution in [0.15, 0.2) is 4.99 Å². The molecule has 0 unspecified atom stereocenters. The van der Waals surface area contributed by atoms with Gasteiger partial charge in [-0.2, -0.15) is 0 Å². The third kappa shape index (κ3) is 13.4. The van der Waals surface area contributed by atoms with Crippen molar-refractivity contribution in [2.45, 2.75) is 26.2 Å². The molecule has 0 radical (unpaired) electrons. The van der Waals surface area contributed by atoms with Crippen LogP contribution >= 0.6 is 12.2 Å². The summed E-state index contributed by atoms with van der Waals surface area (Å²) >= 11 is 5.17. The van der Waals surface area contributed by atoms with Crippen molar-refractivity contribution in [3.63, 3.8) is 0 Å². The normalized spacial score (nSPS) is 10.2. The van der Waals surface area contributed by atoms with Gasteiger partial charge in [-0.05, 0) is 26.5 Å². The molecular formula is C12H24N2O2S. The molecule has 0 aliphatic rings. The minimum Gasteiger partial charge on any atom is -0.380 e. The van der Waals surface area contributed by atoms with Crippen LogP contribution in [-0.4, -0.2) is 51.2 Å². The van der Waals surface area contributed by atoms with Crippen molar-refractivity contribution in [1.82, 2.24) is 5.32 Å². The Hall–Kier alpha value is -0.520. The van der Waals surface area contributed by atoms with Crippen LogP contribution in [0.5, 0.6) is 0 Å². The fourth-order valence-electron chi connectivity index (χ4n) is 1.19. The van der Waals surface area contributed by atoms with Gasteiger partial charge in [0.25, 0.3) is 0 Å². The highest BCUT2D eigenvalue weighted by atomic mass is 32.1. The van der Waals surface area contributed by atoms with Crippen LogP contribution < -0.4 is 5.32 Å². The highest BCUT2D eigenvalue weighted by molar-refractivity contribution is 7.80. The van der Waals surface area contributed by atoms with E-state index in [1.165, 1.54) is 0 Å². The number of nitrogens with one attached hydrogen (secondary N) is 1. The van der Waals surface area contributed by atoms with Crippen molar-refractivity contribution in [2.24, 2.45) is 4.99 Å². The highest BCUT2D eigenvalue weighted by Crippen LogP contribution is 1.90. The second-order valence-corrected chi connectivity index (χ2v) is 4.06. The number of nitrogens with zero attached hydrogens (tertiary/aromatic N) is 1. The highest BCUT2D eigenvalue weighted by Gasteiger charge is 1.96. The minimum atomic E-state index is 0.640. The molecule has 0 rings (SSSR count). The lowest BCUT2D eigenvalue weighted by Gasteiger charge is -2.08. The van der Waals surface area contributed by atoms with Gasteiger partial charge >= 0.3 is 0 Å². The van der Waals surface area contributed by atoms with Gasteiger partial charge < -0.3 is 19.8 Å². The Kier molecular flexibility index (Phi) is 13.1. The van der Waals surface area contributed by atoms with E-state index in [1.54, 1.807) is 0 Å². The van der Waals surface area contributed by atoms with E-state index in [0.717, 1.165) is 43.9 Å². The molecule has 0 bridgehead atoms. The van der Waals surface area contributed by atoms with Gasteiger partial charge in [-0.15, -0.1) is 0 Å². The van der Waals surface area contributed by atoms with E-state index in [0.29, 0.717) is 19.8 Å². The Morgan fingerprint density at radius 1 is 1.24 bits per heavy atom. The lowest BCUT2D eigenvalue weighted by molar-refractivity contribution is 0.0557. The van der Waals surface area contributed by atoms with Crippen LogP contribution in [0.1, 0.15) is 26.2 Å². The molecule has 100 valence electrons. The predicted octanol–water partition coefficient (Wildman–Crippen LogP) is 1.83. The first kappa shape index (κ1) is 16.5. The third-order valence-corrected chi connectivity index (χ3v) is 2.46. The van der Waals surface area contributed by atoms with Crippen LogP contribution in [0, 0.1) is 0 Å². The summed E-state index contributed by atoms with van der Waals surface area (Å²) in [5, 5.41) is 3.20. The van der Waals surface area contributed by atoms with E-state index in [4.69, 9.17) is 21.7 Å². The van der Waals surface area contributed by atoms with Crippen LogP contribution in [0.3, 0.4) is 0 Å². The largest absolute Gasteiger partial charge is 0.380 e. The molecule has 0 aromatic rings. The maximum Gasteiger partial charge on any atom is 0.0776 e. The zero-order valence-corrected chi connectivity index (χ0v) is 11.6. The lowest BCUT2D eigenvalue weighted by Crippen LogP contribution is -2.24. The fourth-order valence-corrected chi connectivity index (χ4v) is 1.38. The van der Waals surface area contributed by atoms with Gasteiger partial charge in [-0.25, -0.2) is 0 Å². The van der Waals surface area contributed by atoms with Gasteiger partial charge in [0, 0.05) is 26.1 Å². The Morgan fingerprint density at radius 3 is 2.71 bits per heavy atom. The standard InChI is InChI=1S/C12H24N2O2S/c1-3-15-10-11-16-9-6-12(17)14-8-5-4-7-13-2/h2-11H2,1H3,(H,14,17). The first-order valence-electron chi connectivity index (χ1n) is 6.16. The van der Waals surface area contributed by atoms with Gasteiger partial charge in [-0.1, -0.05) is 12.2 Å². The number of rotatable bonds is 12. The molecule has 0 amide bonds. The molecule has 0 saturated heterocycles. The molecule has 0 heterocycles. The van der Waals surface area contributed by atoms with Crippen LogP contribution in [0.2, 0.25) is 0 Å².